The second-order valence-electron chi connectivity index (χ2n) is 7.61. The fraction of sp³-hybridized carbons (Fsp3) is 0.190. The van der Waals surface area contributed by atoms with Crippen LogP contribution in [0.4, 0.5) is 56.7 Å². The Hall–Kier alpha value is -3.54. The molecule has 0 radical (unpaired) electrons. The first kappa shape index (κ1) is 28.5. The number of pyridine rings is 1. The molecule has 210 valence electrons. The number of aromatic nitrogens is 1. The summed E-state index contributed by atoms with van der Waals surface area (Å²) in [5.41, 5.74) is -7.44. The lowest BCUT2D eigenvalue weighted by molar-refractivity contribution is -0.274. The van der Waals surface area contributed by atoms with Crippen LogP contribution < -0.4 is 18.5 Å². The van der Waals surface area contributed by atoms with E-state index in [1.54, 1.807) is 0 Å². The lowest BCUT2D eigenvalue weighted by atomic mass is 10.2. The number of anilines is 3. The number of ether oxygens (including phenoxy) is 1. The van der Waals surface area contributed by atoms with E-state index in [0.717, 1.165) is 42.3 Å². The van der Waals surface area contributed by atoms with Crippen molar-refractivity contribution < 1.29 is 56.9 Å². The van der Waals surface area contributed by atoms with Crippen LogP contribution in [-0.2, 0) is 22.8 Å². The highest BCUT2D eigenvalue weighted by Crippen LogP contribution is 2.47. The molecule has 39 heavy (non-hydrogen) atoms. The maximum absolute atomic E-state index is 13.2. The Balaban J connectivity index is 1.79. The molecule has 0 saturated heterocycles. The smallest absolute Gasteiger partial charge is 0.406 e. The van der Waals surface area contributed by atoms with Crippen molar-refractivity contribution in [2.45, 2.75) is 29.5 Å². The highest BCUT2D eigenvalue weighted by molar-refractivity contribution is 8.00. The average Bonchev–Trinajstić information content (AvgIpc) is 2.94. The summed E-state index contributed by atoms with van der Waals surface area (Å²) in [5, 5.41) is 2.56. The molecule has 2 aromatic carbocycles. The van der Waals surface area contributed by atoms with Crippen LogP contribution in [-0.4, -0.2) is 25.3 Å². The van der Waals surface area contributed by atoms with E-state index in [4.69, 9.17) is 0 Å². The predicted octanol–water partition coefficient (Wildman–Crippen LogP) is 7.00. The Morgan fingerprint density at radius 3 is 2.15 bits per heavy atom. The van der Waals surface area contributed by atoms with Gasteiger partial charge in [0.2, 0.25) is 0 Å². The summed E-state index contributed by atoms with van der Waals surface area (Å²) < 4.78 is 149. The first-order valence-corrected chi connectivity index (χ1v) is 12.4. The topological polar surface area (TPSA) is 80.8 Å². The van der Waals surface area contributed by atoms with Crippen molar-refractivity contribution in [3.05, 3.63) is 65.9 Å². The average molecular weight is 605 g/mol. The minimum atomic E-state index is -6.16. The van der Waals surface area contributed by atoms with Crippen LogP contribution in [0.5, 0.6) is 11.5 Å². The monoisotopic (exact) mass is 605 g/mol. The number of hydrogen-bond acceptors (Lipinski definition) is 8. The Bertz CT molecular complexity index is 1480. The van der Waals surface area contributed by atoms with Gasteiger partial charge in [0, 0.05) is 10.5 Å². The van der Waals surface area contributed by atoms with E-state index in [1.165, 1.54) is 22.5 Å². The Kier molecular flexibility index (Phi) is 7.22. The van der Waals surface area contributed by atoms with Gasteiger partial charge in [-0.05, 0) is 54.4 Å². The molecule has 0 atom stereocenters. The van der Waals surface area contributed by atoms with Crippen molar-refractivity contribution in [3.8, 4) is 11.5 Å². The molecule has 0 bridgehead atoms. The number of halogens is 9. The van der Waals surface area contributed by atoms with Crippen LogP contribution in [0.15, 0.2) is 59.5 Å². The highest BCUT2D eigenvalue weighted by Gasteiger charge is 2.49. The first-order chi connectivity index (χ1) is 17.9. The molecule has 1 aromatic heterocycles. The van der Waals surface area contributed by atoms with Crippen molar-refractivity contribution >= 4 is 39.3 Å². The van der Waals surface area contributed by atoms with Crippen LogP contribution >= 0.6 is 11.9 Å². The van der Waals surface area contributed by atoms with Crippen LogP contribution in [0, 0.1) is 0 Å². The third kappa shape index (κ3) is 6.55. The number of para-hydroxylation sites is 1. The largest absolute Gasteiger partial charge is 0.573 e. The molecule has 0 unspecified atom stereocenters. The quantitative estimate of drug-likeness (QED) is 0.144. The molecular weight excluding hydrogens is 593 g/mol. The van der Waals surface area contributed by atoms with Gasteiger partial charge in [-0.25, -0.2) is 4.98 Å². The van der Waals surface area contributed by atoms with E-state index in [-0.39, 0.29) is 34.2 Å². The summed E-state index contributed by atoms with van der Waals surface area (Å²) in [4.78, 5) is 3.74. The summed E-state index contributed by atoms with van der Waals surface area (Å²) in [7, 11) is -6.16. The molecule has 2 heterocycles. The van der Waals surface area contributed by atoms with E-state index < -0.39 is 45.4 Å². The van der Waals surface area contributed by atoms with Crippen molar-refractivity contribution in [1.29, 1.82) is 0 Å². The number of nitrogens with zero attached hydrogens (tertiary/aromatic N) is 2. The second kappa shape index (κ2) is 9.89. The predicted molar refractivity (Wildman–Crippen MR) is 120 cm³/mol. The van der Waals surface area contributed by atoms with E-state index in [1.807, 2.05) is 0 Å². The SMILES string of the molecule is O=S(=O)(Oc1cccc2c1N(Sc1ccc(OC(F)(F)F)cc1)Cc1ccc(C(F)(F)F)nc1N2)C(F)(F)F. The van der Waals surface area contributed by atoms with Gasteiger partial charge in [-0.3, -0.25) is 0 Å². The first-order valence-electron chi connectivity index (χ1n) is 10.2. The molecule has 18 heteroatoms. The summed E-state index contributed by atoms with van der Waals surface area (Å²) in [6.07, 6.45) is -9.79. The molecular formula is C21H12F9N3O4S2. The van der Waals surface area contributed by atoms with Crippen molar-refractivity contribution in [3.63, 3.8) is 0 Å². The minimum absolute atomic E-state index is 0.119. The van der Waals surface area contributed by atoms with Crippen molar-refractivity contribution in [2.24, 2.45) is 0 Å². The van der Waals surface area contributed by atoms with Gasteiger partial charge in [0.15, 0.2) is 5.75 Å². The van der Waals surface area contributed by atoms with E-state index in [2.05, 4.69) is 19.2 Å². The Morgan fingerprint density at radius 1 is 0.897 bits per heavy atom. The molecule has 0 spiro atoms. The third-order valence-electron chi connectivity index (χ3n) is 4.84. The van der Waals surface area contributed by atoms with E-state index in [0.29, 0.717) is 6.07 Å². The molecule has 0 fully saturated rings. The second-order valence-corrected chi connectivity index (χ2v) is 10.2. The van der Waals surface area contributed by atoms with Gasteiger partial charge in [0.05, 0.1) is 12.2 Å². The zero-order chi connectivity index (χ0) is 28.8. The molecule has 1 N–H and O–H groups in total. The number of rotatable bonds is 5. The van der Waals surface area contributed by atoms with E-state index in [9.17, 15) is 47.9 Å². The molecule has 4 rings (SSSR count). The summed E-state index contributed by atoms with van der Waals surface area (Å²) in [6.45, 7) is -0.349. The number of hydrogen-bond donors (Lipinski definition) is 1. The lowest BCUT2D eigenvalue weighted by Crippen LogP contribution is -2.28. The van der Waals surface area contributed by atoms with Crippen molar-refractivity contribution in [2.75, 3.05) is 9.62 Å². The fourth-order valence-corrected chi connectivity index (χ4v) is 4.72. The van der Waals surface area contributed by atoms with Crippen LogP contribution in [0.1, 0.15) is 11.3 Å². The number of nitrogens with one attached hydrogen (secondary N) is 1. The number of benzene rings is 2. The van der Waals surface area contributed by atoms with Gasteiger partial charge in [-0.15, -0.1) is 13.2 Å². The van der Waals surface area contributed by atoms with Gasteiger partial charge in [0.1, 0.15) is 22.9 Å². The fourth-order valence-electron chi connectivity index (χ4n) is 3.26. The van der Waals surface area contributed by atoms with Crippen molar-refractivity contribution in [1.82, 2.24) is 4.98 Å². The highest BCUT2D eigenvalue weighted by atomic mass is 32.2. The normalized spacial score (nSPS) is 14.1. The Labute approximate surface area is 217 Å². The maximum atomic E-state index is 13.2. The molecule has 1 aliphatic rings. The molecule has 1 aliphatic heterocycles. The van der Waals surface area contributed by atoms with Gasteiger partial charge < -0.3 is 18.5 Å². The molecule has 3 aromatic rings. The zero-order valence-electron chi connectivity index (χ0n) is 18.6. The van der Waals surface area contributed by atoms with Gasteiger partial charge >= 0.3 is 28.2 Å². The van der Waals surface area contributed by atoms with E-state index >= 15 is 0 Å². The molecule has 0 saturated carbocycles. The number of fused-ring (bicyclic) bond motifs is 2. The molecule has 7 nitrogen and oxygen atoms in total. The Morgan fingerprint density at radius 2 is 1.56 bits per heavy atom. The van der Waals surface area contributed by atoms with Crippen LogP contribution in [0.25, 0.3) is 0 Å². The van der Waals surface area contributed by atoms with Gasteiger partial charge in [0.25, 0.3) is 0 Å². The summed E-state index contributed by atoms with van der Waals surface area (Å²) in [6, 6.07) is 9.20. The summed E-state index contributed by atoms with van der Waals surface area (Å²) >= 11 is 0.719. The van der Waals surface area contributed by atoms with Gasteiger partial charge in [-0.2, -0.15) is 34.8 Å². The lowest BCUT2D eigenvalue weighted by Gasteiger charge is -2.25. The molecule has 0 aliphatic carbocycles. The standard InChI is InChI=1S/C21H12F9N3O4S2/c22-19(23,24)16-9-4-11-10-33(38-13-7-5-12(6-8-13)36-20(25,26)27)17-14(31-18(11)32-16)2-1-3-15(17)37-39(34,35)21(28,29)30/h1-9H,10H2,(H,31,32). The molecule has 0 amide bonds. The van der Waals surface area contributed by atoms with Crippen LogP contribution in [0.3, 0.4) is 0 Å². The zero-order valence-corrected chi connectivity index (χ0v) is 20.3. The summed E-state index contributed by atoms with van der Waals surface area (Å²) in [5.74, 6) is -1.72. The third-order valence-corrected chi connectivity index (χ3v) is 6.82. The number of alkyl halides is 9. The van der Waals surface area contributed by atoms with Gasteiger partial charge in [-0.1, -0.05) is 12.1 Å². The van der Waals surface area contributed by atoms with Crippen LogP contribution in [0.2, 0.25) is 0 Å². The maximum Gasteiger partial charge on any atom is 0.573 e. The minimum Gasteiger partial charge on any atom is -0.406 e.